The number of carbonyl (C=O) groups is 2. The van der Waals surface area contributed by atoms with Gasteiger partial charge in [0.1, 0.15) is 6.04 Å². The van der Waals surface area contributed by atoms with Gasteiger partial charge in [0.05, 0.1) is 5.56 Å². The summed E-state index contributed by atoms with van der Waals surface area (Å²) >= 11 is 0. The molecule has 34 heavy (non-hydrogen) atoms. The van der Waals surface area contributed by atoms with Crippen molar-refractivity contribution in [1.82, 2.24) is 15.1 Å². The maximum Gasteiger partial charge on any atom is 0.416 e. The molecule has 182 valence electrons. The maximum atomic E-state index is 12.9. The molecule has 0 aromatic heterocycles. The van der Waals surface area contributed by atoms with Crippen LogP contribution in [-0.4, -0.2) is 59.9 Å². The van der Waals surface area contributed by atoms with Gasteiger partial charge >= 0.3 is 6.18 Å². The molecule has 4 rings (SSSR count). The van der Waals surface area contributed by atoms with E-state index >= 15 is 0 Å². The van der Waals surface area contributed by atoms with E-state index in [0.717, 1.165) is 29.8 Å². The van der Waals surface area contributed by atoms with Gasteiger partial charge in [-0.3, -0.25) is 19.4 Å². The minimum absolute atomic E-state index is 0.0147. The molecule has 0 bridgehead atoms. The van der Waals surface area contributed by atoms with Gasteiger partial charge < -0.3 is 10.6 Å². The third kappa shape index (κ3) is 5.59. The number of hydrogen-bond donors (Lipinski definition) is 2. The van der Waals surface area contributed by atoms with E-state index in [9.17, 15) is 22.8 Å². The molecule has 2 fully saturated rings. The van der Waals surface area contributed by atoms with Crippen molar-refractivity contribution in [3.05, 3.63) is 65.7 Å². The molecule has 0 saturated carbocycles. The number of alkyl halides is 3. The largest absolute Gasteiger partial charge is 0.416 e. The van der Waals surface area contributed by atoms with Gasteiger partial charge in [0.25, 0.3) is 0 Å². The second-order valence-corrected chi connectivity index (χ2v) is 8.98. The van der Waals surface area contributed by atoms with Crippen molar-refractivity contribution in [3.8, 4) is 0 Å². The second-order valence-electron chi connectivity index (χ2n) is 8.98. The number of para-hydroxylation sites is 1. The summed E-state index contributed by atoms with van der Waals surface area (Å²) in [7, 11) is 1.99. The molecule has 2 heterocycles. The minimum Gasteiger partial charge on any atom is -0.353 e. The van der Waals surface area contributed by atoms with Crippen LogP contribution in [0.2, 0.25) is 0 Å². The molecule has 2 amide bonds. The van der Waals surface area contributed by atoms with Crippen molar-refractivity contribution in [2.75, 3.05) is 25.5 Å². The molecule has 0 radical (unpaired) electrons. The normalized spacial score (nSPS) is 23.8. The lowest BCUT2D eigenvalue weighted by molar-refractivity contribution is -0.137. The summed E-state index contributed by atoms with van der Waals surface area (Å²) in [4.78, 5) is 29.5. The van der Waals surface area contributed by atoms with Crippen LogP contribution in [0.4, 0.5) is 18.9 Å². The number of anilines is 1. The number of nitrogens with zero attached hydrogens (tertiary/aromatic N) is 2. The van der Waals surface area contributed by atoms with E-state index in [4.69, 9.17) is 0 Å². The Morgan fingerprint density at radius 2 is 1.82 bits per heavy atom. The van der Waals surface area contributed by atoms with Crippen LogP contribution in [0, 0.1) is 0 Å². The summed E-state index contributed by atoms with van der Waals surface area (Å²) in [5.41, 5.74) is 0.814. The molecule has 2 aromatic carbocycles. The lowest BCUT2D eigenvalue weighted by Gasteiger charge is -2.33. The monoisotopic (exact) mass is 474 g/mol. The molecule has 0 aliphatic carbocycles. The highest BCUT2D eigenvalue weighted by atomic mass is 19.4. The number of likely N-dealkylation sites (N-methyl/N-ethyl adjacent to an activating group) is 1. The van der Waals surface area contributed by atoms with Gasteiger partial charge in [-0.15, -0.1) is 0 Å². The Morgan fingerprint density at radius 1 is 1.12 bits per heavy atom. The molecule has 2 N–H and O–H groups in total. The predicted molar refractivity (Wildman–Crippen MR) is 123 cm³/mol. The number of rotatable bonds is 6. The summed E-state index contributed by atoms with van der Waals surface area (Å²) in [6, 6.07) is 14.0. The third-order valence-electron chi connectivity index (χ3n) is 6.78. The molecule has 2 aliphatic heterocycles. The SMILES string of the molecule is CN1[C@@H](CCC(=O)Nc2ccccc2)CNC(=O)[C@@H]2[C@H]1CCN2Cc1ccc(C(F)(F)F)cc1. The molecule has 2 saturated heterocycles. The fourth-order valence-electron chi connectivity index (χ4n) is 4.90. The molecule has 3 atom stereocenters. The number of fused-ring (bicyclic) bond motifs is 1. The maximum absolute atomic E-state index is 12.9. The molecule has 0 spiro atoms. The van der Waals surface area contributed by atoms with Crippen molar-refractivity contribution in [1.29, 1.82) is 0 Å². The Balaban J connectivity index is 1.36. The van der Waals surface area contributed by atoms with Crippen molar-refractivity contribution in [2.24, 2.45) is 0 Å². The quantitative estimate of drug-likeness (QED) is 0.673. The highest BCUT2D eigenvalue weighted by molar-refractivity contribution is 5.90. The molecular formula is C25H29F3N4O2. The first kappa shape index (κ1) is 24.2. The topological polar surface area (TPSA) is 64.7 Å². The average molecular weight is 475 g/mol. The van der Waals surface area contributed by atoms with Crippen molar-refractivity contribution < 1.29 is 22.8 Å². The number of halogens is 3. The van der Waals surface area contributed by atoms with E-state index in [0.29, 0.717) is 32.5 Å². The van der Waals surface area contributed by atoms with Gasteiger partial charge in [0, 0.05) is 43.8 Å². The van der Waals surface area contributed by atoms with Crippen LogP contribution in [0.25, 0.3) is 0 Å². The zero-order valence-corrected chi connectivity index (χ0v) is 19.0. The zero-order chi connectivity index (χ0) is 24.3. The Kier molecular flexibility index (Phi) is 7.23. The smallest absolute Gasteiger partial charge is 0.353 e. The zero-order valence-electron chi connectivity index (χ0n) is 19.0. The summed E-state index contributed by atoms with van der Waals surface area (Å²) in [6.45, 7) is 1.54. The molecule has 2 aliphatic rings. The van der Waals surface area contributed by atoms with Crippen LogP contribution in [-0.2, 0) is 22.3 Å². The Morgan fingerprint density at radius 3 is 2.50 bits per heavy atom. The third-order valence-corrected chi connectivity index (χ3v) is 6.78. The van der Waals surface area contributed by atoms with Crippen LogP contribution in [0.5, 0.6) is 0 Å². The number of likely N-dealkylation sites (tertiary alicyclic amines) is 1. The fourth-order valence-corrected chi connectivity index (χ4v) is 4.90. The van der Waals surface area contributed by atoms with Crippen molar-refractivity contribution in [2.45, 2.75) is 50.1 Å². The molecule has 2 aromatic rings. The predicted octanol–water partition coefficient (Wildman–Crippen LogP) is 3.50. The lowest BCUT2D eigenvalue weighted by Crippen LogP contribution is -2.49. The van der Waals surface area contributed by atoms with E-state index in [2.05, 4.69) is 15.5 Å². The van der Waals surface area contributed by atoms with Crippen LogP contribution >= 0.6 is 0 Å². The number of nitrogens with one attached hydrogen (secondary N) is 2. The Labute approximate surface area is 197 Å². The Bertz CT molecular complexity index is 997. The van der Waals surface area contributed by atoms with Crippen LogP contribution in [0.15, 0.2) is 54.6 Å². The van der Waals surface area contributed by atoms with E-state index in [1.807, 2.05) is 42.3 Å². The summed E-state index contributed by atoms with van der Waals surface area (Å²) in [6.07, 6.45) is -2.64. The number of carbonyl (C=O) groups excluding carboxylic acids is 2. The highest BCUT2D eigenvalue weighted by Gasteiger charge is 2.45. The van der Waals surface area contributed by atoms with Gasteiger partial charge in [-0.25, -0.2) is 0 Å². The van der Waals surface area contributed by atoms with Gasteiger partial charge in [-0.05, 0) is 49.7 Å². The minimum atomic E-state index is -4.37. The van der Waals surface area contributed by atoms with E-state index < -0.39 is 11.7 Å². The van der Waals surface area contributed by atoms with Crippen LogP contribution < -0.4 is 10.6 Å². The lowest BCUT2D eigenvalue weighted by atomic mass is 10.0. The highest BCUT2D eigenvalue weighted by Crippen LogP contribution is 2.31. The summed E-state index contributed by atoms with van der Waals surface area (Å²) in [5, 5.41) is 5.90. The number of benzene rings is 2. The average Bonchev–Trinajstić information content (AvgIpc) is 3.17. The number of amides is 2. The van der Waals surface area contributed by atoms with E-state index in [1.54, 1.807) is 0 Å². The first-order chi connectivity index (χ1) is 16.2. The second kappa shape index (κ2) is 10.1. The first-order valence-corrected chi connectivity index (χ1v) is 11.5. The standard InChI is InChI=1S/C25H29F3N4O2/c1-31-20(11-12-22(33)30-19-5-3-2-4-6-19)15-29-24(34)23-21(31)13-14-32(23)16-17-7-9-18(10-8-17)25(26,27)28/h2-10,20-21,23H,11-16H2,1H3,(H,29,34)(H,30,33)/t20-,21+,23-/m0/s1. The molecule has 0 unspecified atom stereocenters. The summed E-state index contributed by atoms with van der Waals surface area (Å²) in [5.74, 6) is -0.139. The number of hydrogen-bond acceptors (Lipinski definition) is 4. The molecular weight excluding hydrogens is 445 g/mol. The van der Waals surface area contributed by atoms with Crippen LogP contribution in [0.3, 0.4) is 0 Å². The van der Waals surface area contributed by atoms with Gasteiger partial charge in [0.15, 0.2) is 0 Å². The van der Waals surface area contributed by atoms with Gasteiger partial charge in [-0.1, -0.05) is 30.3 Å². The van der Waals surface area contributed by atoms with Gasteiger partial charge in [-0.2, -0.15) is 13.2 Å². The molecule has 9 heteroatoms. The van der Waals surface area contributed by atoms with Crippen LogP contribution in [0.1, 0.15) is 30.4 Å². The first-order valence-electron chi connectivity index (χ1n) is 11.5. The van der Waals surface area contributed by atoms with Gasteiger partial charge in [0.2, 0.25) is 11.8 Å². The van der Waals surface area contributed by atoms with E-state index in [-0.39, 0.29) is 29.9 Å². The summed E-state index contributed by atoms with van der Waals surface area (Å²) < 4.78 is 38.5. The van der Waals surface area contributed by atoms with Crippen molar-refractivity contribution in [3.63, 3.8) is 0 Å². The van der Waals surface area contributed by atoms with E-state index in [1.165, 1.54) is 12.1 Å². The Hall–Kier alpha value is -2.91. The molecule has 6 nitrogen and oxygen atoms in total. The fraction of sp³-hybridized carbons (Fsp3) is 0.440. The van der Waals surface area contributed by atoms with Crippen molar-refractivity contribution >= 4 is 17.5 Å².